The summed E-state index contributed by atoms with van der Waals surface area (Å²) >= 11 is 3.45. The highest BCUT2D eigenvalue weighted by Gasteiger charge is 2.28. The van der Waals surface area contributed by atoms with E-state index < -0.39 is 0 Å². The Labute approximate surface area is 147 Å². The highest BCUT2D eigenvalue weighted by atomic mass is 79.9. The zero-order chi connectivity index (χ0) is 16.7. The zero-order valence-corrected chi connectivity index (χ0v) is 14.8. The fourth-order valence-corrected chi connectivity index (χ4v) is 3.52. The van der Waals surface area contributed by atoms with Crippen molar-refractivity contribution >= 4 is 32.8 Å². The number of aryl methyl sites for hydroxylation is 1. The largest absolute Gasteiger partial charge is 0.459 e. The van der Waals surface area contributed by atoms with Crippen LogP contribution in [0.1, 0.15) is 23.1 Å². The molecule has 2 N–H and O–H groups in total. The molecule has 0 saturated carbocycles. The molecule has 4 rings (SSSR count). The van der Waals surface area contributed by atoms with Crippen LogP contribution in [0.5, 0.6) is 0 Å². The van der Waals surface area contributed by atoms with Crippen LogP contribution in [-0.2, 0) is 24.8 Å². The first-order chi connectivity index (χ1) is 11.6. The third-order valence-corrected chi connectivity index (χ3v) is 4.84. The SMILES string of the molecule is Cn1ncc2c1CCNC2C(=O)NCc1cc2cc(Br)ccc2o1. The summed E-state index contributed by atoms with van der Waals surface area (Å²) in [6.07, 6.45) is 2.65. The van der Waals surface area contributed by atoms with E-state index in [4.69, 9.17) is 4.42 Å². The van der Waals surface area contributed by atoms with Gasteiger partial charge in [0.15, 0.2) is 0 Å². The van der Waals surface area contributed by atoms with Gasteiger partial charge < -0.3 is 15.1 Å². The summed E-state index contributed by atoms with van der Waals surface area (Å²) in [7, 11) is 1.91. The topological polar surface area (TPSA) is 72.1 Å². The highest BCUT2D eigenvalue weighted by Crippen LogP contribution is 2.24. The Kier molecular flexibility index (Phi) is 3.90. The van der Waals surface area contributed by atoms with Gasteiger partial charge in [0.2, 0.25) is 5.91 Å². The average molecular weight is 389 g/mol. The van der Waals surface area contributed by atoms with Gasteiger partial charge in [0.05, 0.1) is 12.7 Å². The van der Waals surface area contributed by atoms with Crippen molar-refractivity contribution in [1.82, 2.24) is 20.4 Å². The molecule has 3 aromatic rings. The molecular formula is C17H17BrN4O2. The van der Waals surface area contributed by atoms with Crippen LogP contribution >= 0.6 is 15.9 Å². The molecule has 1 aromatic carbocycles. The van der Waals surface area contributed by atoms with E-state index in [9.17, 15) is 4.79 Å². The molecule has 0 radical (unpaired) electrons. The second kappa shape index (κ2) is 6.07. The normalized spacial score (nSPS) is 17.0. The fraction of sp³-hybridized carbons (Fsp3) is 0.294. The first kappa shape index (κ1) is 15.4. The van der Waals surface area contributed by atoms with Gasteiger partial charge in [-0.05, 0) is 24.3 Å². The van der Waals surface area contributed by atoms with Gasteiger partial charge in [-0.3, -0.25) is 9.48 Å². The van der Waals surface area contributed by atoms with Crippen molar-refractivity contribution in [2.24, 2.45) is 7.05 Å². The number of fused-ring (bicyclic) bond motifs is 2. The molecule has 0 spiro atoms. The Hall–Kier alpha value is -2.12. The molecule has 1 aliphatic heterocycles. The molecule has 1 aliphatic rings. The Morgan fingerprint density at radius 2 is 2.38 bits per heavy atom. The van der Waals surface area contributed by atoms with Crippen molar-refractivity contribution in [3.63, 3.8) is 0 Å². The summed E-state index contributed by atoms with van der Waals surface area (Å²) in [6, 6.07) is 7.43. The Morgan fingerprint density at radius 1 is 1.50 bits per heavy atom. The van der Waals surface area contributed by atoms with Crippen molar-refractivity contribution in [2.45, 2.75) is 19.0 Å². The van der Waals surface area contributed by atoms with Crippen LogP contribution in [0.25, 0.3) is 11.0 Å². The second-order valence-electron chi connectivity index (χ2n) is 5.92. The molecule has 1 atom stereocenters. The van der Waals surface area contributed by atoms with Crippen LogP contribution in [0, 0.1) is 0 Å². The minimum absolute atomic E-state index is 0.0643. The molecule has 0 aliphatic carbocycles. The minimum Gasteiger partial charge on any atom is -0.459 e. The fourth-order valence-electron chi connectivity index (χ4n) is 3.14. The van der Waals surface area contributed by atoms with Gasteiger partial charge in [-0.2, -0.15) is 5.10 Å². The van der Waals surface area contributed by atoms with Gasteiger partial charge in [-0.15, -0.1) is 0 Å². The monoisotopic (exact) mass is 388 g/mol. The summed E-state index contributed by atoms with van der Waals surface area (Å²) < 4.78 is 8.60. The molecule has 7 heteroatoms. The van der Waals surface area contributed by atoms with Crippen LogP contribution in [0.15, 0.2) is 39.4 Å². The molecule has 3 heterocycles. The third-order valence-electron chi connectivity index (χ3n) is 4.34. The number of nitrogens with one attached hydrogen (secondary N) is 2. The van der Waals surface area contributed by atoms with Crippen molar-refractivity contribution in [3.05, 3.63) is 52.0 Å². The molecule has 24 heavy (non-hydrogen) atoms. The summed E-state index contributed by atoms with van der Waals surface area (Å²) in [5.41, 5.74) is 2.88. The van der Waals surface area contributed by atoms with Gasteiger partial charge >= 0.3 is 0 Å². The van der Waals surface area contributed by atoms with E-state index >= 15 is 0 Å². The van der Waals surface area contributed by atoms with E-state index in [-0.39, 0.29) is 11.9 Å². The molecule has 1 unspecified atom stereocenters. The lowest BCUT2D eigenvalue weighted by Crippen LogP contribution is -2.41. The number of hydrogen-bond acceptors (Lipinski definition) is 4. The smallest absolute Gasteiger partial charge is 0.242 e. The van der Waals surface area contributed by atoms with Gasteiger partial charge in [0.25, 0.3) is 0 Å². The van der Waals surface area contributed by atoms with Crippen molar-refractivity contribution < 1.29 is 9.21 Å². The summed E-state index contributed by atoms with van der Waals surface area (Å²) in [6.45, 7) is 1.13. The quantitative estimate of drug-likeness (QED) is 0.722. The maximum Gasteiger partial charge on any atom is 0.242 e. The van der Waals surface area contributed by atoms with Crippen LogP contribution in [0.2, 0.25) is 0 Å². The lowest BCUT2D eigenvalue weighted by atomic mass is 10.0. The molecular weight excluding hydrogens is 372 g/mol. The molecule has 2 aromatic heterocycles. The predicted molar refractivity (Wildman–Crippen MR) is 93.4 cm³/mol. The van der Waals surface area contributed by atoms with Crippen molar-refractivity contribution in [3.8, 4) is 0 Å². The number of nitrogens with zero attached hydrogens (tertiary/aromatic N) is 2. The van der Waals surface area contributed by atoms with E-state index in [1.165, 1.54) is 0 Å². The lowest BCUT2D eigenvalue weighted by molar-refractivity contribution is -0.123. The first-order valence-corrected chi connectivity index (χ1v) is 8.61. The van der Waals surface area contributed by atoms with Crippen molar-refractivity contribution in [2.75, 3.05) is 6.54 Å². The standard InChI is InChI=1S/C17H17BrN4O2/c1-22-14-4-5-19-16(13(14)9-21-22)17(23)20-8-12-7-10-6-11(18)2-3-15(10)24-12/h2-3,6-7,9,16,19H,4-5,8H2,1H3,(H,20,23). The molecule has 0 bridgehead atoms. The number of amides is 1. The third kappa shape index (κ3) is 2.74. The van der Waals surface area contributed by atoms with Crippen molar-refractivity contribution in [1.29, 1.82) is 0 Å². The second-order valence-corrected chi connectivity index (χ2v) is 6.84. The number of halogens is 1. The molecule has 0 saturated heterocycles. The molecule has 1 amide bonds. The molecule has 6 nitrogen and oxygen atoms in total. The van der Waals surface area contributed by atoms with Gasteiger partial charge in [-0.25, -0.2) is 0 Å². The summed E-state index contributed by atoms with van der Waals surface area (Å²) in [5.74, 6) is 0.671. The maximum atomic E-state index is 12.6. The van der Waals surface area contributed by atoms with E-state index in [1.807, 2.05) is 36.0 Å². The Bertz CT molecular complexity index is 915. The molecule has 124 valence electrons. The van der Waals surface area contributed by atoms with E-state index in [1.54, 1.807) is 6.20 Å². The minimum atomic E-state index is -0.360. The van der Waals surface area contributed by atoms with Crippen LogP contribution in [0.3, 0.4) is 0 Å². The van der Waals surface area contributed by atoms with Crippen LogP contribution in [-0.4, -0.2) is 22.2 Å². The average Bonchev–Trinajstić information content (AvgIpc) is 3.15. The van der Waals surface area contributed by atoms with E-state index in [2.05, 4.69) is 31.7 Å². The zero-order valence-electron chi connectivity index (χ0n) is 13.2. The Balaban J connectivity index is 1.48. The van der Waals surface area contributed by atoms with Gasteiger partial charge in [0, 0.05) is 41.1 Å². The number of rotatable bonds is 3. The van der Waals surface area contributed by atoms with Gasteiger partial charge in [-0.1, -0.05) is 15.9 Å². The number of carbonyl (C=O) groups excluding carboxylic acids is 1. The summed E-state index contributed by atoms with van der Waals surface area (Å²) in [4.78, 5) is 12.6. The number of carbonyl (C=O) groups is 1. The first-order valence-electron chi connectivity index (χ1n) is 7.81. The lowest BCUT2D eigenvalue weighted by Gasteiger charge is -2.23. The van der Waals surface area contributed by atoms with Crippen LogP contribution < -0.4 is 10.6 Å². The molecule has 0 fully saturated rings. The number of benzene rings is 1. The number of furan rings is 1. The number of hydrogen-bond donors (Lipinski definition) is 2. The van der Waals surface area contributed by atoms with Crippen LogP contribution in [0.4, 0.5) is 0 Å². The maximum absolute atomic E-state index is 12.6. The van der Waals surface area contributed by atoms with E-state index in [0.29, 0.717) is 6.54 Å². The number of aromatic nitrogens is 2. The van der Waals surface area contributed by atoms with Gasteiger partial charge in [0.1, 0.15) is 17.4 Å². The Morgan fingerprint density at radius 3 is 3.25 bits per heavy atom. The predicted octanol–water partition coefficient (Wildman–Crippen LogP) is 2.43. The van der Waals surface area contributed by atoms with E-state index in [0.717, 1.165) is 45.4 Å². The highest BCUT2D eigenvalue weighted by molar-refractivity contribution is 9.10. The summed E-state index contributed by atoms with van der Waals surface area (Å²) in [5, 5.41) is 11.5.